The number of hydrogen-bond donors (Lipinski definition) is 2. The maximum atomic E-state index is 13.1. The van der Waals surface area contributed by atoms with Crippen LogP contribution in [0.5, 0.6) is 5.75 Å². The van der Waals surface area contributed by atoms with Crippen LogP contribution in [-0.2, 0) is 4.79 Å². The maximum absolute atomic E-state index is 13.1. The molecule has 6 nitrogen and oxygen atoms in total. The van der Waals surface area contributed by atoms with E-state index in [-0.39, 0.29) is 11.7 Å². The van der Waals surface area contributed by atoms with Gasteiger partial charge in [-0.15, -0.1) is 11.8 Å². The lowest BCUT2D eigenvalue weighted by atomic mass is 9.81. The molecule has 2 heterocycles. The highest BCUT2D eigenvalue weighted by atomic mass is 32.2. The molecule has 0 bridgehead atoms. The predicted molar refractivity (Wildman–Crippen MR) is 135 cm³/mol. The summed E-state index contributed by atoms with van der Waals surface area (Å²) in [7, 11) is 1.60. The van der Waals surface area contributed by atoms with E-state index in [1.165, 1.54) is 12.1 Å². The van der Waals surface area contributed by atoms with E-state index in [0.29, 0.717) is 25.1 Å². The van der Waals surface area contributed by atoms with Crippen molar-refractivity contribution in [2.75, 3.05) is 32.5 Å². The number of carboxylic acid groups (broad SMARTS) is 1. The van der Waals surface area contributed by atoms with Crippen molar-refractivity contribution in [3.8, 4) is 5.75 Å². The summed E-state index contributed by atoms with van der Waals surface area (Å²) in [5.74, 6) is 0.0591. The predicted octanol–water partition coefficient (Wildman–Crippen LogP) is 5.01. The summed E-state index contributed by atoms with van der Waals surface area (Å²) in [5.41, 5.74) is 1.58. The highest BCUT2D eigenvalue weighted by molar-refractivity contribution is 7.99. The number of hydrogen-bond acceptors (Lipinski definition) is 6. The summed E-state index contributed by atoms with van der Waals surface area (Å²) in [6.07, 6.45) is 2.91. The summed E-state index contributed by atoms with van der Waals surface area (Å²) in [6, 6.07) is 13.8. The van der Waals surface area contributed by atoms with Crippen LogP contribution in [0.2, 0.25) is 0 Å². The van der Waals surface area contributed by atoms with Crippen molar-refractivity contribution in [2.45, 2.75) is 30.3 Å². The number of fused-ring (bicyclic) bond motifs is 1. The Kier molecular flexibility index (Phi) is 8.59. The number of methoxy groups -OCH3 is 1. The molecule has 0 radical (unpaired) electrons. The number of ether oxygens (including phenoxy) is 1. The highest BCUT2D eigenvalue weighted by Gasteiger charge is 2.34. The number of carboxylic acids is 1. The molecule has 1 aliphatic rings. The van der Waals surface area contributed by atoms with E-state index in [1.54, 1.807) is 37.2 Å². The summed E-state index contributed by atoms with van der Waals surface area (Å²) >= 11 is 1.65. The lowest BCUT2D eigenvalue weighted by Crippen LogP contribution is -2.44. The first-order valence-electron chi connectivity index (χ1n) is 11.9. The molecule has 0 amide bonds. The fraction of sp³-hybridized carbons (Fsp3) is 0.407. The van der Waals surface area contributed by atoms with Crippen LogP contribution in [-0.4, -0.2) is 58.6 Å². The average molecular weight is 499 g/mol. The molecule has 1 unspecified atom stereocenters. The largest absolute Gasteiger partial charge is 0.497 e. The first-order valence-corrected chi connectivity index (χ1v) is 12.9. The summed E-state index contributed by atoms with van der Waals surface area (Å²) in [6.45, 7) is 2.13. The van der Waals surface area contributed by atoms with Crippen molar-refractivity contribution in [1.29, 1.82) is 0 Å². The number of aromatic nitrogens is 1. The summed E-state index contributed by atoms with van der Waals surface area (Å²) in [5, 5.41) is 21.7. The Bertz CT molecular complexity index is 1140. The van der Waals surface area contributed by atoms with Gasteiger partial charge in [0.1, 0.15) is 11.6 Å². The van der Waals surface area contributed by atoms with Crippen LogP contribution in [0, 0.1) is 17.7 Å². The number of carbonyl (C=O) groups is 1. The Morgan fingerprint density at radius 2 is 2.06 bits per heavy atom. The molecule has 1 aliphatic heterocycles. The number of thioether (sulfide) groups is 1. The van der Waals surface area contributed by atoms with Crippen LogP contribution < -0.4 is 4.74 Å². The number of pyridine rings is 1. The van der Waals surface area contributed by atoms with Crippen LogP contribution in [0.15, 0.2) is 59.6 Å². The van der Waals surface area contributed by atoms with Gasteiger partial charge in [-0.05, 0) is 85.8 Å². The van der Waals surface area contributed by atoms with Gasteiger partial charge in [-0.1, -0.05) is 0 Å². The Hall–Kier alpha value is -2.68. The molecule has 3 atom stereocenters. The minimum atomic E-state index is -0.778. The lowest BCUT2D eigenvalue weighted by Gasteiger charge is -2.37. The van der Waals surface area contributed by atoms with Crippen molar-refractivity contribution in [3.05, 3.63) is 66.1 Å². The molecule has 2 N–H and O–H groups in total. The van der Waals surface area contributed by atoms with E-state index in [4.69, 9.17) is 4.74 Å². The second-order valence-corrected chi connectivity index (χ2v) is 10.1. The first kappa shape index (κ1) is 25.4. The zero-order valence-corrected chi connectivity index (χ0v) is 20.6. The van der Waals surface area contributed by atoms with Gasteiger partial charge in [0.15, 0.2) is 0 Å². The zero-order valence-electron chi connectivity index (χ0n) is 19.8. The quantitative estimate of drug-likeness (QED) is 0.380. The normalized spacial score (nSPS) is 19.5. The van der Waals surface area contributed by atoms with Gasteiger partial charge in [-0.25, -0.2) is 4.39 Å². The Morgan fingerprint density at radius 3 is 2.80 bits per heavy atom. The van der Waals surface area contributed by atoms with Gasteiger partial charge in [-0.2, -0.15) is 0 Å². The number of halogens is 1. The van der Waals surface area contributed by atoms with E-state index in [9.17, 15) is 19.4 Å². The molecule has 3 aromatic rings. The zero-order chi connectivity index (χ0) is 24.8. The molecule has 2 aromatic carbocycles. The van der Waals surface area contributed by atoms with Gasteiger partial charge >= 0.3 is 5.97 Å². The third-order valence-corrected chi connectivity index (χ3v) is 7.79. The first-order chi connectivity index (χ1) is 16.9. The maximum Gasteiger partial charge on any atom is 0.308 e. The number of piperidine rings is 1. The Labute approximate surface area is 209 Å². The molecule has 1 aromatic heterocycles. The van der Waals surface area contributed by atoms with Crippen LogP contribution >= 0.6 is 11.8 Å². The van der Waals surface area contributed by atoms with Gasteiger partial charge in [0, 0.05) is 35.3 Å². The number of rotatable bonds is 10. The van der Waals surface area contributed by atoms with Crippen molar-refractivity contribution in [2.24, 2.45) is 11.8 Å². The molecular formula is C27H31FN2O4S. The topological polar surface area (TPSA) is 82.9 Å². The van der Waals surface area contributed by atoms with Gasteiger partial charge in [-0.3, -0.25) is 9.78 Å². The molecule has 35 heavy (non-hydrogen) atoms. The van der Waals surface area contributed by atoms with Gasteiger partial charge < -0.3 is 19.8 Å². The standard InChI is InChI=1S/C27H31FN2O4S/c1-34-20-5-8-25-23(16-20)22(10-12-29-25)26(31)9-2-18-11-13-30(17-24(18)27(32)33)14-15-35-21-6-3-19(28)4-7-21/h3-8,10,12,16,18,24,26,31H,2,9,11,13-15,17H2,1H3,(H,32,33)/t18-,24+,26?/m1/s1. The summed E-state index contributed by atoms with van der Waals surface area (Å²) in [4.78, 5) is 19.6. The minimum Gasteiger partial charge on any atom is -0.497 e. The molecule has 0 saturated carbocycles. The smallest absolute Gasteiger partial charge is 0.308 e. The Morgan fingerprint density at radius 1 is 1.26 bits per heavy atom. The molecule has 8 heteroatoms. The molecule has 0 aliphatic carbocycles. The van der Waals surface area contributed by atoms with Crippen molar-refractivity contribution in [3.63, 3.8) is 0 Å². The number of nitrogens with zero attached hydrogens (tertiary/aromatic N) is 2. The molecule has 186 valence electrons. The van der Waals surface area contributed by atoms with Crippen molar-refractivity contribution in [1.82, 2.24) is 9.88 Å². The number of aliphatic hydroxyl groups is 1. The third kappa shape index (κ3) is 6.51. The number of likely N-dealkylation sites (tertiary alicyclic amines) is 1. The summed E-state index contributed by atoms with van der Waals surface area (Å²) < 4.78 is 18.4. The monoisotopic (exact) mass is 498 g/mol. The molecule has 1 fully saturated rings. The van der Waals surface area contributed by atoms with E-state index in [0.717, 1.165) is 46.6 Å². The fourth-order valence-electron chi connectivity index (χ4n) is 4.81. The van der Waals surface area contributed by atoms with Gasteiger partial charge in [0.2, 0.25) is 0 Å². The van der Waals surface area contributed by atoms with E-state index in [1.807, 2.05) is 24.3 Å². The number of aliphatic carboxylic acids is 1. The van der Waals surface area contributed by atoms with Crippen LogP contribution in [0.3, 0.4) is 0 Å². The molecule has 1 saturated heterocycles. The van der Waals surface area contributed by atoms with Crippen LogP contribution in [0.25, 0.3) is 10.9 Å². The second-order valence-electron chi connectivity index (χ2n) is 8.97. The van der Waals surface area contributed by atoms with E-state index >= 15 is 0 Å². The Balaban J connectivity index is 1.32. The lowest BCUT2D eigenvalue weighted by molar-refractivity contribution is -0.146. The van der Waals surface area contributed by atoms with Crippen LogP contribution in [0.1, 0.15) is 30.9 Å². The van der Waals surface area contributed by atoms with Gasteiger partial charge in [0.25, 0.3) is 0 Å². The molecular weight excluding hydrogens is 467 g/mol. The third-order valence-electron chi connectivity index (χ3n) is 6.80. The number of aliphatic hydroxyl groups excluding tert-OH is 1. The molecule has 4 rings (SSSR count). The SMILES string of the molecule is COc1ccc2nccc(C(O)CC[C@@H]3CCN(CCSc4ccc(F)cc4)C[C@@H]3C(=O)O)c2c1. The van der Waals surface area contributed by atoms with Crippen molar-refractivity contribution < 1.29 is 24.1 Å². The van der Waals surface area contributed by atoms with Gasteiger partial charge in [0.05, 0.1) is 24.6 Å². The van der Waals surface area contributed by atoms with Crippen LogP contribution in [0.4, 0.5) is 4.39 Å². The van der Waals surface area contributed by atoms with Crippen molar-refractivity contribution >= 4 is 28.6 Å². The minimum absolute atomic E-state index is 0.0192. The second kappa shape index (κ2) is 11.8. The van der Waals surface area contributed by atoms with E-state index in [2.05, 4.69) is 9.88 Å². The molecule has 0 spiro atoms. The highest BCUT2D eigenvalue weighted by Crippen LogP contribution is 2.34. The van der Waals surface area contributed by atoms with E-state index < -0.39 is 18.0 Å². The average Bonchev–Trinajstić information content (AvgIpc) is 2.88. The number of benzene rings is 2. The fourth-order valence-corrected chi connectivity index (χ4v) is 5.73.